The molecule has 0 saturated carbocycles. The predicted molar refractivity (Wildman–Crippen MR) is 80.2 cm³/mol. The van der Waals surface area contributed by atoms with E-state index in [-0.39, 0.29) is 38.5 Å². The molecule has 1 fully saturated rings. The Morgan fingerprint density at radius 1 is 1.04 bits per heavy atom. The Balaban J connectivity index is 1.90. The van der Waals surface area contributed by atoms with Crippen LogP contribution in [0.5, 0.6) is 0 Å². The molecule has 2 heterocycles. The van der Waals surface area contributed by atoms with Gasteiger partial charge in [-0.1, -0.05) is 0 Å². The van der Waals surface area contributed by atoms with E-state index in [1.165, 1.54) is 0 Å². The smallest absolute Gasteiger partial charge is 0.339 e. The normalized spacial score (nSPS) is 15.8. The second-order valence-electron chi connectivity index (χ2n) is 6.00. The van der Waals surface area contributed by atoms with Crippen LogP contribution in [0.25, 0.3) is 0 Å². The van der Waals surface area contributed by atoms with Gasteiger partial charge in [0, 0.05) is 44.5 Å². The highest BCUT2D eigenvalue weighted by Crippen LogP contribution is 2.21. The minimum absolute atomic E-state index is 0.0999. The number of halogens is 3. The minimum Gasteiger partial charge on any atom is -0.339 e. The van der Waals surface area contributed by atoms with Gasteiger partial charge in [0.2, 0.25) is 11.8 Å². The number of carbonyl (C=O) groups excluding carboxylic acids is 2. The first-order valence-corrected chi connectivity index (χ1v) is 7.70. The van der Waals surface area contributed by atoms with E-state index in [1.807, 2.05) is 13.8 Å². The molecule has 0 spiro atoms. The summed E-state index contributed by atoms with van der Waals surface area (Å²) in [4.78, 5) is 26.7. The number of rotatable bonds is 3. The molecule has 24 heavy (non-hydrogen) atoms. The molecule has 1 aromatic rings. The fourth-order valence-corrected chi connectivity index (χ4v) is 2.82. The van der Waals surface area contributed by atoms with Crippen LogP contribution in [0.4, 0.5) is 13.2 Å². The Bertz CT molecular complexity index is 631. The highest BCUT2D eigenvalue weighted by molar-refractivity contribution is 5.80. The molecule has 134 valence electrons. The standard InChI is InChI=1S/C15H21F3N4O2/c1-10-12(11(2)20(3)19-10)8-13(23)21-4-6-22(7-5-21)14(24)9-15(16,17)18/h4-9H2,1-3H3. The fraction of sp³-hybridized carbons (Fsp3) is 0.667. The highest BCUT2D eigenvalue weighted by Gasteiger charge is 2.35. The van der Waals surface area contributed by atoms with Gasteiger partial charge in [-0.25, -0.2) is 0 Å². The van der Waals surface area contributed by atoms with Crippen LogP contribution in [-0.2, 0) is 23.1 Å². The van der Waals surface area contributed by atoms with E-state index in [9.17, 15) is 22.8 Å². The molecular weight excluding hydrogens is 325 g/mol. The minimum atomic E-state index is -4.50. The summed E-state index contributed by atoms with van der Waals surface area (Å²) < 4.78 is 38.5. The summed E-state index contributed by atoms with van der Waals surface area (Å²) in [5, 5.41) is 4.26. The van der Waals surface area contributed by atoms with Gasteiger partial charge < -0.3 is 9.80 Å². The molecule has 1 aliphatic rings. The molecule has 1 aromatic heterocycles. The summed E-state index contributed by atoms with van der Waals surface area (Å²) in [6, 6.07) is 0. The van der Waals surface area contributed by atoms with E-state index in [0.29, 0.717) is 0 Å². The number of aromatic nitrogens is 2. The van der Waals surface area contributed by atoms with Crippen molar-refractivity contribution in [3.05, 3.63) is 17.0 Å². The van der Waals surface area contributed by atoms with Crippen molar-refractivity contribution >= 4 is 11.8 Å². The van der Waals surface area contributed by atoms with Crippen LogP contribution in [0.3, 0.4) is 0 Å². The van der Waals surface area contributed by atoms with Gasteiger partial charge in [-0.3, -0.25) is 14.3 Å². The van der Waals surface area contributed by atoms with Gasteiger partial charge in [0.25, 0.3) is 0 Å². The van der Waals surface area contributed by atoms with Gasteiger partial charge >= 0.3 is 6.18 Å². The van der Waals surface area contributed by atoms with Crippen molar-refractivity contribution < 1.29 is 22.8 Å². The molecule has 6 nitrogen and oxygen atoms in total. The van der Waals surface area contributed by atoms with Crippen LogP contribution in [0.15, 0.2) is 0 Å². The Hall–Kier alpha value is -2.06. The topological polar surface area (TPSA) is 58.4 Å². The molecule has 0 N–H and O–H groups in total. The molecular formula is C15H21F3N4O2. The van der Waals surface area contributed by atoms with E-state index >= 15 is 0 Å². The van der Waals surface area contributed by atoms with Gasteiger partial charge in [-0.05, 0) is 13.8 Å². The second kappa shape index (κ2) is 6.82. The number of alkyl halides is 3. The van der Waals surface area contributed by atoms with Crippen molar-refractivity contribution in [3.63, 3.8) is 0 Å². The monoisotopic (exact) mass is 346 g/mol. The first kappa shape index (κ1) is 18.3. The van der Waals surface area contributed by atoms with Crippen LogP contribution in [0, 0.1) is 13.8 Å². The summed E-state index contributed by atoms with van der Waals surface area (Å²) >= 11 is 0. The number of piperazine rings is 1. The van der Waals surface area contributed by atoms with Crippen molar-refractivity contribution in [2.24, 2.45) is 7.05 Å². The summed E-state index contributed by atoms with van der Waals surface area (Å²) in [5.41, 5.74) is 2.58. The molecule has 0 atom stereocenters. The molecule has 2 amide bonds. The van der Waals surface area contributed by atoms with Crippen molar-refractivity contribution in [1.82, 2.24) is 19.6 Å². The molecule has 2 rings (SSSR count). The second-order valence-corrected chi connectivity index (χ2v) is 6.00. The molecule has 1 saturated heterocycles. The maximum atomic E-state index is 12.4. The molecule has 0 bridgehead atoms. The zero-order valence-corrected chi connectivity index (χ0v) is 14.0. The highest BCUT2D eigenvalue weighted by atomic mass is 19.4. The first-order valence-electron chi connectivity index (χ1n) is 7.70. The van der Waals surface area contributed by atoms with Crippen molar-refractivity contribution in [3.8, 4) is 0 Å². The first-order chi connectivity index (χ1) is 11.1. The van der Waals surface area contributed by atoms with E-state index < -0.39 is 18.5 Å². The van der Waals surface area contributed by atoms with Gasteiger partial charge in [0.15, 0.2) is 0 Å². The van der Waals surface area contributed by atoms with Crippen LogP contribution >= 0.6 is 0 Å². The Labute approximate surface area is 138 Å². The van der Waals surface area contributed by atoms with Crippen LogP contribution in [-0.4, -0.2) is 63.7 Å². The largest absolute Gasteiger partial charge is 0.397 e. The number of amides is 2. The molecule has 1 aliphatic heterocycles. The van der Waals surface area contributed by atoms with Crippen LogP contribution < -0.4 is 0 Å². The van der Waals surface area contributed by atoms with Crippen molar-refractivity contribution in [2.45, 2.75) is 32.9 Å². The molecule has 0 unspecified atom stereocenters. The summed E-state index contributed by atoms with van der Waals surface area (Å²) in [6.45, 7) is 4.48. The lowest BCUT2D eigenvalue weighted by Crippen LogP contribution is -2.51. The maximum Gasteiger partial charge on any atom is 0.397 e. The number of nitrogens with zero attached hydrogens (tertiary/aromatic N) is 4. The SMILES string of the molecule is Cc1nn(C)c(C)c1CC(=O)N1CCN(C(=O)CC(F)(F)F)CC1. The average Bonchev–Trinajstić information content (AvgIpc) is 2.72. The van der Waals surface area contributed by atoms with Gasteiger partial charge in [0.05, 0.1) is 12.1 Å². The Morgan fingerprint density at radius 2 is 1.54 bits per heavy atom. The Morgan fingerprint density at radius 3 is 1.96 bits per heavy atom. The number of aryl methyl sites for hydroxylation is 2. The van der Waals surface area contributed by atoms with E-state index in [2.05, 4.69) is 5.10 Å². The van der Waals surface area contributed by atoms with Crippen molar-refractivity contribution in [1.29, 1.82) is 0 Å². The zero-order chi connectivity index (χ0) is 18.1. The molecule has 0 radical (unpaired) electrons. The number of hydrogen-bond donors (Lipinski definition) is 0. The zero-order valence-electron chi connectivity index (χ0n) is 14.0. The number of hydrogen-bond acceptors (Lipinski definition) is 3. The van der Waals surface area contributed by atoms with E-state index in [1.54, 1.807) is 16.6 Å². The molecule has 0 aliphatic carbocycles. The average molecular weight is 346 g/mol. The van der Waals surface area contributed by atoms with E-state index in [0.717, 1.165) is 21.9 Å². The van der Waals surface area contributed by atoms with Gasteiger partial charge in [-0.2, -0.15) is 18.3 Å². The van der Waals surface area contributed by atoms with E-state index in [4.69, 9.17) is 0 Å². The third-order valence-corrected chi connectivity index (χ3v) is 4.32. The molecule has 0 aromatic carbocycles. The Kier molecular flexibility index (Phi) is 5.19. The number of carbonyl (C=O) groups is 2. The fourth-order valence-electron chi connectivity index (χ4n) is 2.82. The van der Waals surface area contributed by atoms with Crippen LogP contribution in [0.1, 0.15) is 23.4 Å². The predicted octanol–water partition coefficient (Wildman–Crippen LogP) is 1.20. The summed E-state index contributed by atoms with van der Waals surface area (Å²) in [5.74, 6) is -1.04. The third-order valence-electron chi connectivity index (χ3n) is 4.32. The maximum absolute atomic E-state index is 12.4. The van der Waals surface area contributed by atoms with Crippen LogP contribution in [0.2, 0.25) is 0 Å². The summed E-state index contributed by atoms with van der Waals surface area (Å²) in [7, 11) is 1.81. The lowest BCUT2D eigenvalue weighted by Gasteiger charge is -2.35. The van der Waals surface area contributed by atoms with Gasteiger partial charge in [-0.15, -0.1) is 0 Å². The summed E-state index contributed by atoms with van der Waals surface area (Å²) in [6.07, 6.45) is -5.74. The lowest BCUT2D eigenvalue weighted by molar-refractivity contribution is -0.163. The quantitative estimate of drug-likeness (QED) is 0.826. The van der Waals surface area contributed by atoms with Gasteiger partial charge in [0.1, 0.15) is 6.42 Å². The third kappa shape index (κ3) is 4.27. The van der Waals surface area contributed by atoms with Crippen molar-refractivity contribution in [2.75, 3.05) is 26.2 Å². The lowest BCUT2D eigenvalue weighted by atomic mass is 10.1. The molecule has 9 heteroatoms.